The quantitative estimate of drug-likeness (QED) is 0.513. The Morgan fingerprint density at radius 3 is 2.73 bits per heavy atom. The molecule has 0 aliphatic rings. The summed E-state index contributed by atoms with van der Waals surface area (Å²) in [5, 5.41) is 24.0. The van der Waals surface area contributed by atoms with E-state index in [1.165, 1.54) is 18.2 Å². The smallest absolute Gasteiger partial charge is 0.271 e. The Hall–Kier alpha value is -3.22. The van der Waals surface area contributed by atoms with Gasteiger partial charge in [0.2, 0.25) is 0 Å². The summed E-state index contributed by atoms with van der Waals surface area (Å²) >= 11 is 0. The van der Waals surface area contributed by atoms with Crippen molar-refractivity contribution < 1.29 is 14.8 Å². The van der Waals surface area contributed by atoms with Crippen LogP contribution in [0.25, 0.3) is 0 Å². The lowest BCUT2D eigenvalue weighted by molar-refractivity contribution is -0.384. The van der Waals surface area contributed by atoms with E-state index in [4.69, 9.17) is 0 Å². The number of aromatic hydroxyl groups is 1. The lowest BCUT2D eigenvalue weighted by atomic mass is 10.1. The Bertz CT molecular complexity index is 756. The molecular formula is C15H13N3O4. The lowest BCUT2D eigenvalue weighted by Crippen LogP contribution is -2.18. The molecule has 112 valence electrons. The van der Waals surface area contributed by atoms with Gasteiger partial charge in [-0.1, -0.05) is 18.2 Å². The molecule has 0 aliphatic carbocycles. The van der Waals surface area contributed by atoms with E-state index in [2.05, 4.69) is 10.5 Å². The number of benzene rings is 2. The molecule has 7 heteroatoms. The zero-order chi connectivity index (χ0) is 16.1. The summed E-state index contributed by atoms with van der Waals surface area (Å²) in [5.41, 5.74) is 3.55. The molecule has 0 aromatic heterocycles. The van der Waals surface area contributed by atoms with Crippen LogP contribution < -0.4 is 5.43 Å². The maximum Gasteiger partial charge on any atom is 0.271 e. The molecular weight excluding hydrogens is 286 g/mol. The molecule has 22 heavy (non-hydrogen) atoms. The Balaban J connectivity index is 2.13. The summed E-state index contributed by atoms with van der Waals surface area (Å²) in [6.07, 6.45) is 1.15. The first-order chi connectivity index (χ1) is 10.5. The number of phenolic OH excluding ortho intramolecular Hbond substituents is 1. The largest absolute Gasteiger partial charge is 0.507 e. The maximum absolute atomic E-state index is 11.9. The van der Waals surface area contributed by atoms with Crippen LogP contribution in [0.1, 0.15) is 21.5 Å². The monoisotopic (exact) mass is 299 g/mol. The molecule has 1 amide bonds. The average molecular weight is 299 g/mol. The van der Waals surface area contributed by atoms with Crippen molar-refractivity contribution in [1.82, 2.24) is 5.43 Å². The molecule has 0 atom stereocenters. The van der Waals surface area contributed by atoms with Gasteiger partial charge in [-0.3, -0.25) is 14.9 Å². The van der Waals surface area contributed by atoms with E-state index < -0.39 is 10.8 Å². The van der Waals surface area contributed by atoms with Gasteiger partial charge >= 0.3 is 0 Å². The number of nitro benzene ring substituents is 1. The molecule has 0 radical (unpaired) electrons. The first-order valence-corrected chi connectivity index (χ1v) is 6.35. The minimum Gasteiger partial charge on any atom is -0.507 e. The summed E-state index contributed by atoms with van der Waals surface area (Å²) in [6, 6.07) is 10.5. The first kappa shape index (κ1) is 15.2. The Labute approximate surface area is 126 Å². The number of carbonyl (C=O) groups excluding carboxylic acids is 1. The van der Waals surface area contributed by atoms with Crippen LogP contribution in [0.5, 0.6) is 5.75 Å². The molecule has 0 spiro atoms. The van der Waals surface area contributed by atoms with Gasteiger partial charge < -0.3 is 5.11 Å². The molecule has 2 rings (SSSR count). The molecule has 0 heterocycles. The third kappa shape index (κ3) is 3.45. The van der Waals surface area contributed by atoms with Crippen molar-refractivity contribution in [2.45, 2.75) is 6.92 Å². The highest BCUT2D eigenvalue weighted by molar-refractivity contribution is 5.96. The summed E-state index contributed by atoms with van der Waals surface area (Å²) in [7, 11) is 0. The van der Waals surface area contributed by atoms with Crippen LogP contribution in [0.3, 0.4) is 0 Å². The summed E-state index contributed by atoms with van der Waals surface area (Å²) in [4.78, 5) is 22.0. The van der Waals surface area contributed by atoms with Gasteiger partial charge in [-0.15, -0.1) is 0 Å². The lowest BCUT2D eigenvalue weighted by Gasteiger charge is -2.03. The molecule has 0 saturated carbocycles. The van der Waals surface area contributed by atoms with Crippen LogP contribution in [0, 0.1) is 17.0 Å². The highest BCUT2D eigenvalue weighted by atomic mass is 16.6. The molecule has 7 nitrogen and oxygen atoms in total. The fraction of sp³-hybridized carbons (Fsp3) is 0.0667. The Morgan fingerprint density at radius 1 is 1.32 bits per heavy atom. The van der Waals surface area contributed by atoms with Crippen LogP contribution in [0.4, 0.5) is 5.69 Å². The van der Waals surface area contributed by atoms with Crippen LogP contribution in [0.2, 0.25) is 0 Å². The van der Waals surface area contributed by atoms with E-state index >= 15 is 0 Å². The summed E-state index contributed by atoms with van der Waals surface area (Å²) < 4.78 is 0. The minimum absolute atomic E-state index is 0.138. The number of non-ortho nitro benzene ring substituents is 1. The van der Waals surface area contributed by atoms with E-state index in [1.54, 1.807) is 25.1 Å². The van der Waals surface area contributed by atoms with Gasteiger partial charge in [-0.25, -0.2) is 5.43 Å². The number of rotatable bonds is 4. The van der Waals surface area contributed by atoms with Crippen LogP contribution in [-0.4, -0.2) is 22.2 Å². The number of hydrogen-bond donors (Lipinski definition) is 2. The van der Waals surface area contributed by atoms with E-state index in [0.29, 0.717) is 5.56 Å². The second-order valence-corrected chi connectivity index (χ2v) is 4.51. The fourth-order valence-electron chi connectivity index (χ4n) is 1.81. The van der Waals surface area contributed by atoms with Gasteiger partial charge in [-0.2, -0.15) is 5.10 Å². The molecule has 0 unspecified atom stereocenters. The number of phenols is 1. The van der Waals surface area contributed by atoms with Crippen molar-refractivity contribution in [3.05, 3.63) is 69.3 Å². The van der Waals surface area contributed by atoms with Gasteiger partial charge in [0.1, 0.15) is 5.75 Å². The Morgan fingerprint density at radius 2 is 2.05 bits per heavy atom. The number of hydrogen-bond acceptors (Lipinski definition) is 5. The zero-order valence-electron chi connectivity index (χ0n) is 11.7. The predicted molar refractivity (Wildman–Crippen MR) is 81.0 cm³/mol. The van der Waals surface area contributed by atoms with E-state index in [-0.39, 0.29) is 17.0 Å². The molecule has 2 aromatic carbocycles. The van der Waals surface area contributed by atoms with Crippen molar-refractivity contribution in [2.24, 2.45) is 5.10 Å². The highest BCUT2D eigenvalue weighted by Crippen LogP contribution is 2.21. The third-order valence-electron chi connectivity index (χ3n) is 2.98. The molecule has 0 aliphatic heterocycles. The van der Waals surface area contributed by atoms with Crippen molar-refractivity contribution in [3.63, 3.8) is 0 Å². The third-order valence-corrected chi connectivity index (χ3v) is 2.98. The van der Waals surface area contributed by atoms with Crippen molar-refractivity contribution in [1.29, 1.82) is 0 Å². The van der Waals surface area contributed by atoms with Gasteiger partial charge in [0.15, 0.2) is 0 Å². The molecule has 0 fully saturated rings. The minimum atomic E-state index is -0.581. The predicted octanol–water partition coefficient (Wildman–Crippen LogP) is 2.37. The summed E-state index contributed by atoms with van der Waals surface area (Å²) in [5.74, 6) is -0.571. The molecule has 0 bridgehead atoms. The van der Waals surface area contributed by atoms with Gasteiger partial charge in [-0.05, 0) is 24.6 Å². The van der Waals surface area contributed by atoms with E-state index in [1.807, 2.05) is 6.07 Å². The normalized spacial score (nSPS) is 10.6. The molecule has 0 saturated heterocycles. The second-order valence-electron chi connectivity index (χ2n) is 4.51. The Kier molecular flexibility index (Phi) is 4.47. The number of nitro groups is 1. The SMILES string of the molecule is Cc1ccccc1C(=O)N/N=C\c1cc([N+](=O)[O-])ccc1O. The van der Waals surface area contributed by atoms with Gasteiger partial charge in [0.05, 0.1) is 11.1 Å². The van der Waals surface area contributed by atoms with Gasteiger partial charge in [0, 0.05) is 23.3 Å². The van der Waals surface area contributed by atoms with Crippen molar-refractivity contribution in [3.8, 4) is 5.75 Å². The molecule has 2 aromatic rings. The first-order valence-electron chi connectivity index (χ1n) is 6.35. The number of nitrogens with zero attached hydrogens (tertiary/aromatic N) is 2. The van der Waals surface area contributed by atoms with Crippen molar-refractivity contribution >= 4 is 17.8 Å². The van der Waals surface area contributed by atoms with Crippen molar-refractivity contribution in [2.75, 3.05) is 0 Å². The number of carbonyl (C=O) groups is 1. The number of nitrogens with one attached hydrogen (secondary N) is 1. The highest BCUT2D eigenvalue weighted by Gasteiger charge is 2.09. The maximum atomic E-state index is 11.9. The number of aryl methyl sites for hydroxylation is 1. The van der Waals surface area contributed by atoms with Gasteiger partial charge in [0.25, 0.3) is 11.6 Å². The average Bonchev–Trinajstić information content (AvgIpc) is 2.49. The van der Waals surface area contributed by atoms with Crippen LogP contribution in [0.15, 0.2) is 47.6 Å². The fourth-order valence-corrected chi connectivity index (χ4v) is 1.81. The second kappa shape index (κ2) is 6.49. The number of amides is 1. The van der Waals surface area contributed by atoms with E-state index in [9.17, 15) is 20.0 Å². The van der Waals surface area contributed by atoms with E-state index in [0.717, 1.165) is 11.8 Å². The zero-order valence-corrected chi connectivity index (χ0v) is 11.7. The number of hydrazone groups is 1. The standard InChI is InChI=1S/C15H13N3O4/c1-10-4-2-3-5-13(10)15(20)17-16-9-11-8-12(18(21)22)6-7-14(11)19/h2-9,19H,1H3,(H,17,20)/b16-9-. The van der Waals surface area contributed by atoms with Crippen LogP contribution >= 0.6 is 0 Å². The molecule has 2 N–H and O–H groups in total. The summed E-state index contributed by atoms with van der Waals surface area (Å²) in [6.45, 7) is 1.80. The topological polar surface area (TPSA) is 105 Å². The van der Waals surface area contributed by atoms with Crippen LogP contribution in [-0.2, 0) is 0 Å².